The van der Waals surface area contributed by atoms with E-state index >= 15 is 0 Å². The molecule has 21 heavy (non-hydrogen) atoms. The fraction of sp³-hybridized carbons (Fsp3) is 0.0625. The van der Waals surface area contributed by atoms with Gasteiger partial charge < -0.3 is 5.32 Å². The molecule has 0 spiro atoms. The SMILES string of the molecule is Fc1cccc(-c2csc(NCc3ccccc3)n2)c1F. The highest BCUT2D eigenvalue weighted by Gasteiger charge is 2.12. The Kier molecular flexibility index (Phi) is 3.92. The normalized spacial score (nSPS) is 10.6. The van der Waals surface area contributed by atoms with Crippen LogP contribution in [0.1, 0.15) is 5.56 Å². The van der Waals surface area contributed by atoms with Crippen LogP contribution in [-0.2, 0) is 6.54 Å². The van der Waals surface area contributed by atoms with E-state index in [0.717, 1.165) is 11.6 Å². The van der Waals surface area contributed by atoms with Crippen LogP contribution in [0, 0.1) is 11.6 Å². The first-order valence-electron chi connectivity index (χ1n) is 6.42. The van der Waals surface area contributed by atoms with Gasteiger partial charge in [0.15, 0.2) is 16.8 Å². The third kappa shape index (κ3) is 3.08. The maximum atomic E-state index is 13.7. The van der Waals surface area contributed by atoms with Crippen LogP contribution in [0.25, 0.3) is 11.3 Å². The first-order valence-corrected chi connectivity index (χ1v) is 7.30. The summed E-state index contributed by atoms with van der Waals surface area (Å²) in [7, 11) is 0. The van der Waals surface area contributed by atoms with Crippen molar-refractivity contribution in [1.82, 2.24) is 4.98 Å². The molecular weight excluding hydrogens is 290 g/mol. The van der Waals surface area contributed by atoms with E-state index in [9.17, 15) is 8.78 Å². The molecule has 3 rings (SSSR count). The van der Waals surface area contributed by atoms with E-state index in [1.165, 1.54) is 23.5 Å². The Morgan fingerprint density at radius 1 is 1.00 bits per heavy atom. The monoisotopic (exact) mass is 302 g/mol. The zero-order chi connectivity index (χ0) is 14.7. The van der Waals surface area contributed by atoms with Gasteiger partial charge in [-0.25, -0.2) is 13.8 Å². The molecule has 0 radical (unpaired) electrons. The fourth-order valence-electron chi connectivity index (χ4n) is 1.95. The van der Waals surface area contributed by atoms with Gasteiger partial charge in [-0.1, -0.05) is 36.4 Å². The molecule has 0 aliphatic heterocycles. The van der Waals surface area contributed by atoms with Gasteiger partial charge in [0, 0.05) is 17.5 Å². The molecule has 0 fully saturated rings. The minimum Gasteiger partial charge on any atom is -0.357 e. The van der Waals surface area contributed by atoms with Crippen LogP contribution in [0.5, 0.6) is 0 Å². The summed E-state index contributed by atoms with van der Waals surface area (Å²) in [5.74, 6) is -1.73. The predicted octanol–water partition coefficient (Wildman–Crippen LogP) is 4.70. The quantitative estimate of drug-likeness (QED) is 0.755. The van der Waals surface area contributed by atoms with Crippen molar-refractivity contribution in [3.63, 3.8) is 0 Å². The van der Waals surface area contributed by atoms with E-state index in [0.29, 0.717) is 17.4 Å². The zero-order valence-electron chi connectivity index (χ0n) is 11.0. The molecule has 1 heterocycles. The second-order valence-electron chi connectivity index (χ2n) is 4.48. The summed E-state index contributed by atoms with van der Waals surface area (Å²) in [5.41, 5.74) is 1.75. The molecule has 106 valence electrons. The average molecular weight is 302 g/mol. The highest BCUT2D eigenvalue weighted by molar-refractivity contribution is 7.14. The van der Waals surface area contributed by atoms with Crippen LogP contribution < -0.4 is 5.32 Å². The summed E-state index contributed by atoms with van der Waals surface area (Å²) in [6.45, 7) is 0.638. The number of nitrogens with zero attached hydrogens (tertiary/aromatic N) is 1. The molecule has 2 aromatic carbocycles. The first-order chi connectivity index (χ1) is 10.2. The van der Waals surface area contributed by atoms with E-state index in [1.54, 1.807) is 5.38 Å². The molecule has 0 unspecified atom stereocenters. The molecule has 0 saturated heterocycles. The smallest absolute Gasteiger partial charge is 0.183 e. The van der Waals surface area contributed by atoms with Crippen LogP contribution in [0.4, 0.5) is 13.9 Å². The van der Waals surface area contributed by atoms with Crippen LogP contribution in [0.3, 0.4) is 0 Å². The lowest BCUT2D eigenvalue weighted by atomic mass is 10.1. The molecule has 2 nitrogen and oxygen atoms in total. The number of rotatable bonds is 4. The lowest BCUT2D eigenvalue weighted by Crippen LogP contribution is -1.98. The molecule has 0 atom stereocenters. The Hall–Kier alpha value is -2.27. The van der Waals surface area contributed by atoms with Crippen molar-refractivity contribution in [2.75, 3.05) is 5.32 Å². The number of anilines is 1. The van der Waals surface area contributed by atoms with E-state index < -0.39 is 11.6 Å². The zero-order valence-corrected chi connectivity index (χ0v) is 11.8. The topological polar surface area (TPSA) is 24.9 Å². The van der Waals surface area contributed by atoms with Crippen molar-refractivity contribution in [2.24, 2.45) is 0 Å². The summed E-state index contributed by atoms with van der Waals surface area (Å²) in [6, 6.07) is 14.0. The minimum atomic E-state index is -0.864. The molecular formula is C16H12F2N2S. The van der Waals surface area contributed by atoms with Gasteiger partial charge in [0.25, 0.3) is 0 Å². The van der Waals surface area contributed by atoms with Gasteiger partial charge in [-0.15, -0.1) is 11.3 Å². The van der Waals surface area contributed by atoms with Crippen LogP contribution in [0.15, 0.2) is 53.9 Å². The standard InChI is InChI=1S/C16H12F2N2S/c17-13-8-4-7-12(15(13)18)14-10-21-16(20-14)19-9-11-5-2-1-3-6-11/h1-8,10H,9H2,(H,19,20). The Morgan fingerprint density at radius 3 is 2.62 bits per heavy atom. The third-order valence-electron chi connectivity index (χ3n) is 3.02. The van der Waals surface area contributed by atoms with Gasteiger partial charge in [0.2, 0.25) is 0 Å². The molecule has 5 heteroatoms. The second kappa shape index (κ2) is 6.01. The Bertz CT molecular complexity index is 741. The van der Waals surface area contributed by atoms with Gasteiger partial charge in [-0.2, -0.15) is 0 Å². The van der Waals surface area contributed by atoms with Crippen molar-refractivity contribution in [1.29, 1.82) is 0 Å². The van der Waals surface area contributed by atoms with Crippen molar-refractivity contribution in [3.8, 4) is 11.3 Å². The second-order valence-corrected chi connectivity index (χ2v) is 5.34. The molecule has 0 bridgehead atoms. The summed E-state index contributed by atoms with van der Waals surface area (Å²) in [4.78, 5) is 4.30. The maximum Gasteiger partial charge on any atom is 0.183 e. The highest BCUT2D eigenvalue weighted by atomic mass is 32.1. The number of nitrogens with one attached hydrogen (secondary N) is 1. The van der Waals surface area contributed by atoms with Crippen molar-refractivity contribution >= 4 is 16.5 Å². The molecule has 0 aliphatic rings. The Morgan fingerprint density at radius 2 is 1.81 bits per heavy atom. The number of halogens is 2. The van der Waals surface area contributed by atoms with Gasteiger partial charge in [0.1, 0.15) is 0 Å². The van der Waals surface area contributed by atoms with E-state index in [1.807, 2.05) is 30.3 Å². The predicted molar refractivity (Wildman–Crippen MR) is 81.2 cm³/mol. The van der Waals surface area contributed by atoms with E-state index in [4.69, 9.17) is 0 Å². The molecule has 1 N–H and O–H groups in total. The van der Waals surface area contributed by atoms with Gasteiger partial charge in [-0.3, -0.25) is 0 Å². The summed E-state index contributed by atoms with van der Waals surface area (Å²) in [6.07, 6.45) is 0. The first kappa shape index (κ1) is 13.7. The Balaban J connectivity index is 1.76. The van der Waals surface area contributed by atoms with Gasteiger partial charge in [0.05, 0.1) is 5.69 Å². The fourth-order valence-corrected chi connectivity index (χ4v) is 2.66. The Labute approximate surface area is 125 Å². The number of aromatic nitrogens is 1. The van der Waals surface area contributed by atoms with Gasteiger partial charge in [-0.05, 0) is 17.7 Å². The van der Waals surface area contributed by atoms with Gasteiger partial charge >= 0.3 is 0 Å². The summed E-state index contributed by atoms with van der Waals surface area (Å²) >= 11 is 1.37. The van der Waals surface area contributed by atoms with Crippen LogP contribution in [0.2, 0.25) is 0 Å². The number of benzene rings is 2. The van der Waals surface area contributed by atoms with Crippen molar-refractivity contribution in [2.45, 2.75) is 6.54 Å². The number of hydrogen-bond donors (Lipinski definition) is 1. The molecule has 0 saturated carbocycles. The summed E-state index contributed by atoms with van der Waals surface area (Å²) in [5, 5.41) is 5.57. The average Bonchev–Trinajstić information content (AvgIpc) is 2.98. The van der Waals surface area contributed by atoms with Crippen LogP contribution in [-0.4, -0.2) is 4.98 Å². The lowest BCUT2D eigenvalue weighted by Gasteiger charge is -2.02. The number of hydrogen-bond acceptors (Lipinski definition) is 3. The maximum absolute atomic E-state index is 13.7. The van der Waals surface area contributed by atoms with E-state index in [2.05, 4.69) is 10.3 Å². The van der Waals surface area contributed by atoms with Crippen molar-refractivity contribution < 1.29 is 8.78 Å². The highest BCUT2D eigenvalue weighted by Crippen LogP contribution is 2.28. The lowest BCUT2D eigenvalue weighted by molar-refractivity contribution is 0.511. The molecule has 0 aliphatic carbocycles. The number of thiazole rings is 1. The molecule has 3 aromatic rings. The third-order valence-corrected chi connectivity index (χ3v) is 3.82. The minimum absolute atomic E-state index is 0.180. The van der Waals surface area contributed by atoms with Crippen molar-refractivity contribution in [3.05, 3.63) is 71.1 Å². The van der Waals surface area contributed by atoms with Crippen LogP contribution >= 0.6 is 11.3 Å². The summed E-state index contributed by atoms with van der Waals surface area (Å²) < 4.78 is 26.9. The largest absolute Gasteiger partial charge is 0.357 e. The van der Waals surface area contributed by atoms with E-state index in [-0.39, 0.29) is 5.56 Å². The molecule has 1 aromatic heterocycles. The molecule has 0 amide bonds.